The van der Waals surface area contributed by atoms with E-state index in [9.17, 15) is 13.2 Å². The Balaban J connectivity index is 3.01. The Kier molecular flexibility index (Phi) is 3.36. The molecule has 0 saturated heterocycles. The highest BCUT2D eigenvalue weighted by Crippen LogP contribution is 2.32. The molecule has 0 atom stereocenters. The second-order valence-electron chi connectivity index (χ2n) is 2.61. The van der Waals surface area contributed by atoms with Crippen LogP contribution in [-0.2, 0) is 17.6 Å². The Hall–Kier alpha value is -0.780. The van der Waals surface area contributed by atoms with Gasteiger partial charge in [0.2, 0.25) is 0 Å². The zero-order chi connectivity index (χ0) is 10.8. The van der Waals surface area contributed by atoms with Gasteiger partial charge in [-0.05, 0) is 17.7 Å². The van der Waals surface area contributed by atoms with E-state index in [0.717, 1.165) is 12.1 Å². The molecule has 78 valence electrons. The lowest BCUT2D eigenvalue weighted by atomic mass is 10.1. The lowest BCUT2D eigenvalue weighted by Gasteiger charge is -2.08. The van der Waals surface area contributed by atoms with Crippen molar-refractivity contribution in [2.45, 2.75) is 12.8 Å². The standard InChI is InChI=1S/C8H7ClF3NO/c9-7-3-6(8(10,11)12)2-1-5(7)4-14-13/h1-3H,4,13H2. The average molecular weight is 226 g/mol. The monoisotopic (exact) mass is 225 g/mol. The summed E-state index contributed by atoms with van der Waals surface area (Å²) in [6, 6.07) is 3.01. The van der Waals surface area contributed by atoms with Crippen molar-refractivity contribution in [2.24, 2.45) is 5.90 Å². The van der Waals surface area contributed by atoms with Crippen LogP contribution >= 0.6 is 11.6 Å². The van der Waals surface area contributed by atoms with E-state index in [1.165, 1.54) is 6.07 Å². The first-order valence-corrected chi connectivity index (χ1v) is 4.00. The largest absolute Gasteiger partial charge is 0.416 e. The summed E-state index contributed by atoms with van der Waals surface area (Å²) >= 11 is 5.58. The third-order valence-corrected chi connectivity index (χ3v) is 1.97. The van der Waals surface area contributed by atoms with Gasteiger partial charge in [-0.2, -0.15) is 13.2 Å². The van der Waals surface area contributed by atoms with Crippen LogP contribution in [0.4, 0.5) is 13.2 Å². The third-order valence-electron chi connectivity index (χ3n) is 1.62. The topological polar surface area (TPSA) is 35.2 Å². The summed E-state index contributed by atoms with van der Waals surface area (Å²) < 4.78 is 36.5. The van der Waals surface area contributed by atoms with Gasteiger partial charge in [-0.15, -0.1) is 0 Å². The number of alkyl halides is 3. The zero-order valence-electron chi connectivity index (χ0n) is 6.94. The van der Waals surface area contributed by atoms with Crippen molar-refractivity contribution in [1.82, 2.24) is 0 Å². The predicted octanol–water partition coefficient (Wildman–Crippen LogP) is 2.75. The minimum absolute atomic E-state index is 0.00900. The SMILES string of the molecule is NOCc1ccc(C(F)(F)F)cc1Cl. The molecule has 2 N–H and O–H groups in total. The molecule has 0 amide bonds. The average Bonchev–Trinajstić information content (AvgIpc) is 2.07. The quantitative estimate of drug-likeness (QED) is 0.786. The first kappa shape index (κ1) is 11.3. The minimum atomic E-state index is -4.38. The molecule has 1 aromatic carbocycles. The smallest absolute Gasteiger partial charge is 0.300 e. The molecule has 2 nitrogen and oxygen atoms in total. The maximum Gasteiger partial charge on any atom is 0.416 e. The first-order chi connectivity index (χ1) is 6.45. The van der Waals surface area contributed by atoms with Crippen molar-refractivity contribution in [3.8, 4) is 0 Å². The molecule has 0 aromatic heterocycles. The van der Waals surface area contributed by atoms with Crippen LogP contribution in [0, 0.1) is 0 Å². The van der Waals surface area contributed by atoms with Gasteiger partial charge in [0.1, 0.15) is 0 Å². The molecule has 0 spiro atoms. The number of halogens is 4. The summed E-state index contributed by atoms with van der Waals surface area (Å²) in [7, 11) is 0. The Morgan fingerprint density at radius 3 is 2.43 bits per heavy atom. The van der Waals surface area contributed by atoms with Gasteiger partial charge >= 0.3 is 6.18 Å². The molecule has 0 aliphatic heterocycles. The van der Waals surface area contributed by atoms with Crippen LogP contribution in [0.2, 0.25) is 5.02 Å². The van der Waals surface area contributed by atoms with Gasteiger partial charge in [-0.1, -0.05) is 17.7 Å². The van der Waals surface area contributed by atoms with E-state index in [1.54, 1.807) is 0 Å². The van der Waals surface area contributed by atoms with Gasteiger partial charge < -0.3 is 0 Å². The summed E-state index contributed by atoms with van der Waals surface area (Å²) in [5.74, 6) is 4.77. The molecule has 0 saturated carbocycles. The molecule has 0 aliphatic rings. The molecule has 0 heterocycles. The lowest BCUT2D eigenvalue weighted by molar-refractivity contribution is -0.137. The Morgan fingerprint density at radius 2 is 2.00 bits per heavy atom. The van der Waals surface area contributed by atoms with E-state index in [-0.39, 0.29) is 11.6 Å². The van der Waals surface area contributed by atoms with E-state index >= 15 is 0 Å². The Bertz CT molecular complexity index is 327. The molecule has 0 fully saturated rings. The summed E-state index contributed by atoms with van der Waals surface area (Å²) in [5, 5.41) is -0.00900. The van der Waals surface area contributed by atoms with Crippen molar-refractivity contribution >= 4 is 11.6 Å². The van der Waals surface area contributed by atoms with Crippen molar-refractivity contribution < 1.29 is 18.0 Å². The highest BCUT2D eigenvalue weighted by molar-refractivity contribution is 6.31. The van der Waals surface area contributed by atoms with Crippen molar-refractivity contribution in [2.75, 3.05) is 0 Å². The fourth-order valence-corrected chi connectivity index (χ4v) is 1.17. The van der Waals surface area contributed by atoms with Crippen molar-refractivity contribution in [3.05, 3.63) is 34.3 Å². The number of benzene rings is 1. The number of nitrogens with two attached hydrogens (primary N) is 1. The zero-order valence-corrected chi connectivity index (χ0v) is 7.69. The molecule has 0 radical (unpaired) electrons. The summed E-state index contributed by atoms with van der Waals surface area (Å²) in [4.78, 5) is 4.27. The maximum absolute atomic E-state index is 12.2. The summed E-state index contributed by atoms with van der Waals surface area (Å²) in [6.45, 7) is -0.0169. The molecule has 1 aromatic rings. The predicted molar refractivity (Wildman–Crippen MR) is 45.4 cm³/mol. The fourth-order valence-electron chi connectivity index (χ4n) is 0.930. The van der Waals surface area contributed by atoms with E-state index in [2.05, 4.69) is 4.84 Å². The molecular formula is C8H7ClF3NO. The van der Waals surface area contributed by atoms with Crippen molar-refractivity contribution in [1.29, 1.82) is 0 Å². The van der Waals surface area contributed by atoms with Gasteiger partial charge in [0.15, 0.2) is 0 Å². The second-order valence-corrected chi connectivity index (χ2v) is 3.02. The van der Waals surface area contributed by atoms with Crippen LogP contribution in [0.15, 0.2) is 18.2 Å². The maximum atomic E-state index is 12.2. The Morgan fingerprint density at radius 1 is 1.36 bits per heavy atom. The van der Waals surface area contributed by atoms with E-state index in [0.29, 0.717) is 5.56 Å². The molecule has 0 aliphatic carbocycles. The minimum Gasteiger partial charge on any atom is -0.300 e. The van der Waals surface area contributed by atoms with Gasteiger partial charge in [-0.3, -0.25) is 4.84 Å². The molecule has 0 unspecified atom stereocenters. The van der Waals surface area contributed by atoms with Crippen LogP contribution in [0.5, 0.6) is 0 Å². The van der Waals surface area contributed by atoms with Crippen LogP contribution in [-0.4, -0.2) is 0 Å². The normalized spacial score (nSPS) is 11.8. The number of rotatable bonds is 2. The highest BCUT2D eigenvalue weighted by Gasteiger charge is 2.30. The van der Waals surface area contributed by atoms with Gasteiger partial charge in [0.05, 0.1) is 12.2 Å². The Labute approximate surface area is 83.4 Å². The van der Waals surface area contributed by atoms with Crippen LogP contribution in [0.1, 0.15) is 11.1 Å². The van der Waals surface area contributed by atoms with E-state index in [1.807, 2.05) is 0 Å². The second kappa shape index (κ2) is 4.16. The number of hydrogen-bond donors (Lipinski definition) is 1. The van der Waals surface area contributed by atoms with E-state index < -0.39 is 11.7 Å². The first-order valence-electron chi connectivity index (χ1n) is 3.62. The molecule has 14 heavy (non-hydrogen) atoms. The van der Waals surface area contributed by atoms with E-state index in [4.69, 9.17) is 17.5 Å². The molecule has 1 rings (SSSR count). The lowest BCUT2D eigenvalue weighted by Crippen LogP contribution is -2.06. The number of hydrogen-bond acceptors (Lipinski definition) is 2. The third kappa shape index (κ3) is 2.60. The molecule has 6 heteroatoms. The van der Waals surface area contributed by atoms with Crippen LogP contribution < -0.4 is 5.90 Å². The fraction of sp³-hybridized carbons (Fsp3) is 0.250. The van der Waals surface area contributed by atoms with Gasteiger partial charge in [-0.25, -0.2) is 5.90 Å². The van der Waals surface area contributed by atoms with Crippen LogP contribution in [0.3, 0.4) is 0 Å². The molecule has 0 bridgehead atoms. The van der Waals surface area contributed by atoms with Crippen LogP contribution in [0.25, 0.3) is 0 Å². The van der Waals surface area contributed by atoms with Gasteiger partial charge in [0.25, 0.3) is 0 Å². The van der Waals surface area contributed by atoms with Crippen molar-refractivity contribution in [3.63, 3.8) is 0 Å². The summed E-state index contributed by atoms with van der Waals surface area (Å²) in [6.07, 6.45) is -4.38. The van der Waals surface area contributed by atoms with Gasteiger partial charge in [0, 0.05) is 5.02 Å². The molecular weight excluding hydrogens is 219 g/mol. The summed E-state index contributed by atoms with van der Waals surface area (Å²) in [5.41, 5.74) is -0.370. The highest BCUT2D eigenvalue weighted by atomic mass is 35.5.